The lowest BCUT2D eigenvalue weighted by molar-refractivity contribution is 0.0683. The van der Waals surface area contributed by atoms with Gasteiger partial charge in [0.15, 0.2) is 0 Å². The van der Waals surface area contributed by atoms with Crippen molar-refractivity contribution < 1.29 is 19.8 Å². The van der Waals surface area contributed by atoms with Crippen molar-refractivity contribution in [2.75, 3.05) is 0 Å². The van der Waals surface area contributed by atoms with Crippen molar-refractivity contribution >= 4 is 11.9 Å². The van der Waals surface area contributed by atoms with Crippen LogP contribution in [0.4, 0.5) is 0 Å². The van der Waals surface area contributed by atoms with Gasteiger partial charge >= 0.3 is 11.9 Å². The average molecular weight is 268 g/mol. The minimum atomic E-state index is -0.945. The van der Waals surface area contributed by atoms with Crippen LogP contribution in [-0.4, -0.2) is 22.2 Å². The fraction of sp³-hybridized carbons (Fsp3) is 0.125. The van der Waals surface area contributed by atoms with Crippen molar-refractivity contribution in [1.82, 2.24) is 0 Å². The summed E-state index contributed by atoms with van der Waals surface area (Å²) >= 11 is 0. The SMILES string of the molecule is O=C(O)c1cccc2c1Cc1cccc(C(=O)O)c1C2. The summed E-state index contributed by atoms with van der Waals surface area (Å²) in [5, 5.41) is 18.5. The van der Waals surface area contributed by atoms with E-state index in [9.17, 15) is 19.8 Å². The van der Waals surface area contributed by atoms with Crippen molar-refractivity contribution in [3.05, 3.63) is 69.8 Å². The van der Waals surface area contributed by atoms with E-state index in [1.807, 2.05) is 12.1 Å². The molecule has 20 heavy (non-hydrogen) atoms. The molecule has 0 aliphatic heterocycles. The van der Waals surface area contributed by atoms with Crippen LogP contribution in [0.3, 0.4) is 0 Å². The van der Waals surface area contributed by atoms with Crippen LogP contribution in [0.15, 0.2) is 36.4 Å². The first-order valence-electron chi connectivity index (χ1n) is 6.26. The number of hydrogen-bond acceptors (Lipinski definition) is 2. The molecule has 0 radical (unpaired) electrons. The number of benzene rings is 2. The van der Waals surface area contributed by atoms with E-state index in [4.69, 9.17) is 0 Å². The Morgan fingerprint density at radius 3 is 1.50 bits per heavy atom. The normalized spacial score (nSPS) is 12.4. The summed E-state index contributed by atoms with van der Waals surface area (Å²) < 4.78 is 0. The molecule has 0 unspecified atom stereocenters. The van der Waals surface area contributed by atoms with E-state index in [1.165, 1.54) is 0 Å². The Balaban J connectivity index is 2.16. The highest BCUT2D eigenvalue weighted by Crippen LogP contribution is 2.31. The maximum atomic E-state index is 11.3. The largest absolute Gasteiger partial charge is 0.478 e. The average Bonchev–Trinajstić information content (AvgIpc) is 2.43. The van der Waals surface area contributed by atoms with Crippen LogP contribution in [-0.2, 0) is 12.8 Å². The van der Waals surface area contributed by atoms with Gasteiger partial charge < -0.3 is 10.2 Å². The molecule has 0 saturated heterocycles. The summed E-state index contributed by atoms with van der Waals surface area (Å²) in [6.07, 6.45) is 0.933. The second-order valence-electron chi connectivity index (χ2n) is 4.85. The van der Waals surface area contributed by atoms with E-state index < -0.39 is 11.9 Å². The fourth-order valence-electron chi connectivity index (χ4n) is 2.80. The lowest BCUT2D eigenvalue weighted by atomic mass is 9.81. The molecule has 0 spiro atoms. The minimum Gasteiger partial charge on any atom is -0.478 e. The minimum absolute atomic E-state index is 0.300. The van der Waals surface area contributed by atoms with Gasteiger partial charge in [0.1, 0.15) is 0 Å². The Bertz CT molecular complexity index is 668. The predicted octanol–water partition coefficient (Wildman–Crippen LogP) is 2.58. The van der Waals surface area contributed by atoms with Gasteiger partial charge in [0, 0.05) is 0 Å². The molecule has 3 rings (SSSR count). The number of carboxylic acid groups (broad SMARTS) is 2. The van der Waals surface area contributed by atoms with Crippen LogP contribution in [0.1, 0.15) is 43.0 Å². The number of carbonyl (C=O) groups is 2. The fourth-order valence-corrected chi connectivity index (χ4v) is 2.80. The number of aromatic carboxylic acids is 2. The molecule has 2 N–H and O–H groups in total. The third-order valence-electron chi connectivity index (χ3n) is 3.74. The van der Waals surface area contributed by atoms with Crippen molar-refractivity contribution in [3.63, 3.8) is 0 Å². The number of rotatable bonds is 2. The van der Waals surface area contributed by atoms with Gasteiger partial charge in [0.2, 0.25) is 0 Å². The summed E-state index contributed by atoms with van der Waals surface area (Å²) in [7, 11) is 0. The molecule has 1 aliphatic rings. The first-order chi connectivity index (χ1) is 9.58. The summed E-state index contributed by atoms with van der Waals surface area (Å²) in [4.78, 5) is 22.5. The molecular formula is C16H12O4. The van der Waals surface area contributed by atoms with Gasteiger partial charge in [-0.25, -0.2) is 9.59 Å². The Hall–Kier alpha value is -2.62. The van der Waals surface area contributed by atoms with Gasteiger partial charge in [0.25, 0.3) is 0 Å². The van der Waals surface area contributed by atoms with Crippen LogP contribution < -0.4 is 0 Å². The maximum Gasteiger partial charge on any atom is 0.335 e. The molecule has 0 bridgehead atoms. The Morgan fingerprint density at radius 2 is 1.15 bits per heavy atom. The van der Waals surface area contributed by atoms with Crippen molar-refractivity contribution in [2.45, 2.75) is 12.8 Å². The highest BCUT2D eigenvalue weighted by atomic mass is 16.4. The molecule has 4 heteroatoms. The summed E-state index contributed by atoms with van der Waals surface area (Å²) in [5.41, 5.74) is 3.96. The highest BCUT2D eigenvalue weighted by Gasteiger charge is 2.23. The Kier molecular flexibility index (Phi) is 2.79. The molecule has 0 amide bonds. The second kappa shape index (κ2) is 4.49. The summed E-state index contributed by atoms with van der Waals surface area (Å²) in [6.45, 7) is 0. The Morgan fingerprint density at radius 1 is 0.750 bits per heavy atom. The monoisotopic (exact) mass is 268 g/mol. The molecule has 0 aromatic heterocycles. The molecule has 1 aliphatic carbocycles. The molecule has 4 nitrogen and oxygen atoms in total. The summed E-state index contributed by atoms with van der Waals surface area (Å²) in [5.74, 6) is -1.89. The molecule has 0 fully saturated rings. The van der Waals surface area contributed by atoms with Crippen molar-refractivity contribution in [3.8, 4) is 0 Å². The van der Waals surface area contributed by atoms with Crippen LogP contribution in [0.25, 0.3) is 0 Å². The van der Waals surface area contributed by atoms with Crippen LogP contribution >= 0.6 is 0 Å². The van der Waals surface area contributed by atoms with Crippen molar-refractivity contribution in [2.24, 2.45) is 0 Å². The molecule has 2 aromatic rings. The van der Waals surface area contributed by atoms with Gasteiger partial charge in [-0.3, -0.25) is 0 Å². The first-order valence-corrected chi connectivity index (χ1v) is 6.26. The van der Waals surface area contributed by atoms with E-state index >= 15 is 0 Å². The smallest absolute Gasteiger partial charge is 0.335 e. The Labute approximate surface area is 115 Å². The first kappa shape index (κ1) is 12.4. The van der Waals surface area contributed by atoms with Crippen LogP contribution in [0.2, 0.25) is 0 Å². The third kappa shape index (κ3) is 1.86. The molecule has 0 heterocycles. The molecule has 0 saturated carbocycles. The third-order valence-corrected chi connectivity index (χ3v) is 3.74. The molecule has 100 valence electrons. The van der Waals surface area contributed by atoms with E-state index in [2.05, 4.69) is 0 Å². The maximum absolute atomic E-state index is 11.3. The second-order valence-corrected chi connectivity index (χ2v) is 4.85. The van der Waals surface area contributed by atoms with E-state index in [0.29, 0.717) is 24.0 Å². The number of fused-ring (bicyclic) bond motifs is 2. The van der Waals surface area contributed by atoms with Gasteiger partial charge in [-0.15, -0.1) is 0 Å². The molecular weight excluding hydrogens is 256 g/mol. The standard InChI is InChI=1S/C16H12O4/c17-15(18)11-5-1-3-9-7-14-10(8-13(9)11)4-2-6-12(14)16(19)20/h1-6H,7-8H2,(H,17,18)(H,19,20). The molecule has 2 aromatic carbocycles. The van der Waals surface area contributed by atoms with E-state index in [-0.39, 0.29) is 0 Å². The van der Waals surface area contributed by atoms with Crippen molar-refractivity contribution in [1.29, 1.82) is 0 Å². The van der Waals surface area contributed by atoms with E-state index in [1.54, 1.807) is 24.3 Å². The van der Waals surface area contributed by atoms with Crippen LogP contribution in [0, 0.1) is 0 Å². The quantitative estimate of drug-likeness (QED) is 0.749. The van der Waals surface area contributed by atoms with Gasteiger partial charge in [0.05, 0.1) is 11.1 Å². The van der Waals surface area contributed by atoms with Gasteiger partial charge in [-0.05, 0) is 47.2 Å². The number of carboxylic acids is 2. The van der Waals surface area contributed by atoms with Gasteiger partial charge in [-0.2, -0.15) is 0 Å². The number of hydrogen-bond donors (Lipinski definition) is 2. The highest BCUT2D eigenvalue weighted by molar-refractivity contribution is 5.92. The van der Waals surface area contributed by atoms with Gasteiger partial charge in [-0.1, -0.05) is 24.3 Å². The zero-order chi connectivity index (χ0) is 14.3. The zero-order valence-electron chi connectivity index (χ0n) is 10.6. The topological polar surface area (TPSA) is 74.6 Å². The van der Waals surface area contributed by atoms with Crippen LogP contribution in [0.5, 0.6) is 0 Å². The van der Waals surface area contributed by atoms with E-state index in [0.717, 1.165) is 22.3 Å². The molecule has 0 atom stereocenters. The zero-order valence-corrected chi connectivity index (χ0v) is 10.6. The predicted molar refractivity (Wildman–Crippen MR) is 72.4 cm³/mol. The summed E-state index contributed by atoms with van der Waals surface area (Å²) in [6, 6.07) is 10.3. The lowest BCUT2D eigenvalue weighted by Crippen LogP contribution is -2.16. The lowest BCUT2D eigenvalue weighted by Gasteiger charge is -2.22.